The lowest BCUT2D eigenvalue weighted by Gasteiger charge is -2.34. The molecule has 0 atom stereocenters. The maximum Gasteiger partial charge on any atom is 0.272 e. The zero-order valence-electron chi connectivity index (χ0n) is 21.4. The number of carbonyl (C=O) groups is 1. The Morgan fingerprint density at radius 2 is 1.59 bits per heavy atom. The monoisotopic (exact) mass is 459 g/mol. The van der Waals surface area contributed by atoms with E-state index in [1.54, 1.807) is 18.0 Å². The van der Waals surface area contributed by atoms with Gasteiger partial charge in [-0.05, 0) is 50.3 Å². The molecule has 0 aliphatic heterocycles. The van der Waals surface area contributed by atoms with Gasteiger partial charge in [0.05, 0.1) is 0 Å². The van der Waals surface area contributed by atoms with E-state index in [0.29, 0.717) is 24.0 Å². The van der Waals surface area contributed by atoms with Gasteiger partial charge in [-0.2, -0.15) is 4.98 Å². The summed E-state index contributed by atoms with van der Waals surface area (Å²) in [5, 5.41) is 6.79. The van der Waals surface area contributed by atoms with E-state index in [1.807, 2.05) is 61.5 Å². The highest BCUT2D eigenvalue weighted by Gasteiger charge is 2.26. The van der Waals surface area contributed by atoms with Gasteiger partial charge in [-0.1, -0.05) is 68.8 Å². The summed E-state index contributed by atoms with van der Waals surface area (Å²) in [6, 6.07) is 19.7. The average Bonchev–Trinajstić information content (AvgIpc) is 2.73. The molecule has 0 unspecified atom stereocenters. The van der Waals surface area contributed by atoms with Crippen molar-refractivity contribution in [3.05, 3.63) is 77.5 Å². The fourth-order valence-corrected chi connectivity index (χ4v) is 4.28. The molecule has 1 amide bonds. The predicted molar refractivity (Wildman–Crippen MR) is 141 cm³/mol. The van der Waals surface area contributed by atoms with E-state index in [-0.39, 0.29) is 16.9 Å². The smallest absolute Gasteiger partial charge is 0.272 e. The quantitative estimate of drug-likeness (QED) is 0.406. The second-order valence-corrected chi connectivity index (χ2v) is 10.8. The topological polar surface area (TPSA) is 70.2 Å². The second-order valence-electron chi connectivity index (χ2n) is 10.8. The van der Waals surface area contributed by atoms with Crippen molar-refractivity contribution in [1.82, 2.24) is 14.9 Å². The van der Waals surface area contributed by atoms with Crippen molar-refractivity contribution >= 4 is 23.4 Å². The van der Waals surface area contributed by atoms with Crippen molar-refractivity contribution < 1.29 is 4.79 Å². The molecule has 0 saturated heterocycles. The molecule has 0 aliphatic carbocycles. The molecule has 6 heteroatoms. The highest BCUT2D eigenvalue weighted by molar-refractivity contribution is 5.93. The Morgan fingerprint density at radius 1 is 0.941 bits per heavy atom. The Hall–Kier alpha value is -3.41. The summed E-state index contributed by atoms with van der Waals surface area (Å²) in [5.74, 6) is 0.849. The molecule has 2 aromatic carbocycles. The summed E-state index contributed by atoms with van der Waals surface area (Å²) in [6.07, 6.45) is 0.932. The summed E-state index contributed by atoms with van der Waals surface area (Å²) in [4.78, 5) is 24.3. The second kappa shape index (κ2) is 10.2. The van der Waals surface area contributed by atoms with Gasteiger partial charge in [0.25, 0.3) is 5.91 Å². The maximum absolute atomic E-state index is 13.3. The van der Waals surface area contributed by atoms with Gasteiger partial charge in [0, 0.05) is 30.9 Å². The molecular weight excluding hydrogens is 422 g/mol. The van der Waals surface area contributed by atoms with Crippen molar-refractivity contribution in [3.8, 4) is 0 Å². The number of rotatable bonds is 8. The predicted octanol–water partition coefficient (Wildman–Crippen LogP) is 6.43. The van der Waals surface area contributed by atoms with E-state index in [1.165, 1.54) is 5.56 Å². The van der Waals surface area contributed by atoms with Gasteiger partial charge in [0.2, 0.25) is 5.95 Å². The number of aromatic nitrogens is 2. The summed E-state index contributed by atoms with van der Waals surface area (Å²) in [7, 11) is 1.79. The minimum Gasteiger partial charge on any atom is -0.365 e. The molecule has 6 nitrogen and oxygen atoms in total. The Labute approximate surface area is 203 Å². The largest absolute Gasteiger partial charge is 0.365 e. The number of aryl methyl sites for hydroxylation is 1. The van der Waals surface area contributed by atoms with Gasteiger partial charge < -0.3 is 15.5 Å². The first-order valence-electron chi connectivity index (χ1n) is 11.7. The summed E-state index contributed by atoms with van der Waals surface area (Å²) < 4.78 is 0. The van der Waals surface area contributed by atoms with Crippen molar-refractivity contribution in [3.63, 3.8) is 0 Å². The molecule has 0 fully saturated rings. The fraction of sp³-hybridized carbons (Fsp3) is 0.393. The molecule has 0 saturated carbocycles. The van der Waals surface area contributed by atoms with E-state index < -0.39 is 0 Å². The highest BCUT2D eigenvalue weighted by atomic mass is 16.2. The minimum atomic E-state index is -0.218. The molecule has 3 aromatic rings. The number of anilines is 3. The van der Waals surface area contributed by atoms with Crippen molar-refractivity contribution in [2.24, 2.45) is 5.41 Å². The standard InChI is InChI=1S/C28H37N5O/c1-20-13-15-22(16-14-20)29-26-30-23(25(34)33(7)18-21-11-9-8-10-12-21)17-24(31-26)32-28(5,6)19-27(2,3)4/h8-17H,18-19H2,1-7H3,(H2,29,30,31,32). The van der Waals surface area contributed by atoms with Crippen molar-refractivity contribution in [2.45, 2.75) is 60.0 Å². The molecule has 2 N–H and O–H groups in total. The van der Waals surface area contributed by atoms with Crippen LogP contribution in [0.3, 0.4) is 0 Å². The average molecular weight is 460 g/mol. The van der Waals surface area contributed by atoms with Crippen LogP contribution in [0.4, 0.5) is 17.5 Å². The normalized spacial score (nSPS) is 11.7. The van der Waals surface area contributed by atoms with Crippen LogP contribution in [0.5, 0.6) is 0 Å². The molecule has 0 spiro atoms. The SMILES string of the molecule is Cc1ccc(Nc2nc(NC(C)(C)CC(C)(C)C)cc(C(=O)N(C)Cc3ccccc3)n2)cc1. The van der Waals surface area contributed by atoms with Crippen LogP contribution < -0.4 is 10.6 Å². The summed E-state index contributed by atoms with van der Waals surface area (Å²) in [6.45, 7) is 13.5. The summed E-state index contributed by atoms with van der Waals surface area (Å²) >= 11 is 0. The van der Waals surface area contributed by atoms with E-state index in [2.05, 4.69) is 55.2 Å². The minimum absolute atomic E-state index is 0.140. The molecule has 1 heterocycles. The number of carbonyl (C=O) groups excluding carboxylic acids is 1. The van der Waals surface area contributed by atoms with E-state index >= 15 is 0 Å². The third-order valence-corrected chi connectivity index (χ3v) is 5.30. The van der Waals surface area contributed by atoms with Crippen LogP contribution in [0.2, 0.25) is 0 Å². The first-order chi connectivity index (χ1) is 15.9. The van der Waals surface area contributed by atoms with Crippen LogP contribution in [-0.4, -0.2) is 33.4 Å². The number of nitrogens with zero attached hydrogens (tertiary/aromatic N) is 3. The van der Waals surface area contributed by atoms with E-state index in [4.69, 9.17) is 0 Å². The van der Waals surface area contributed by atoms with Crippen LogP contribution in [0.25, 0.3) is 0 Å². The Balaban J connectivity index is 1.90. The van der Waals surface area contributed by atoms with Gasteiger partial charge in [-0.3, -0.25) is 4.79 Å². The van der Waals surface area contributed by atoms with Gasteiger partial charge in [0.1, 0.15) is 11.5 Å². The van der Waals surface area contributed by atoms with Crippen LogP contribution in [0.1, 0.15) is 62.7 Å². The van der Waals surface area contributed by atoms with Crippen LogP contribution in [0, 0.1) is 12.3 Å². The highest BCUT2D eigenvalue weighted by Crippen LogP contribution is 2.30. The molecule has 1 aromatic heterocycles. The van der Waals surface area contributed by atoms with Gasteiger partial charge in [-0.15, -0.1) is 0 Å². The molecule has 0 radical (unpaired) electrons. The number of hydrogen-bond acceptors (Lipinski definition) is 5. The molecule has 0 aliphatic rings. The third kappa shape index (κ3) is 7.58. The summed E-state index contributed by atoms with van der Waals surface area (Å²) in [5.41, 5.74) is 3.37. The lowest BCUT2D eigenvalue weighted by atomic mass is 9.82. The lowest BCUT2D eigenvalue weighted by Crippen LogP contribution is -2.36. The first-order valence-corrected chi connectivity index (χ1v) is 11.7. The zero-order chi connectivity index (χ0) is 24.9. The van der Waals surface area contributed by atoms with Gasteiger partial charge in [-0.25, -0.2) is 4.98 Å². The Bertz CT molecular complexity index is 1100. The third-order valence-electron chi connectivity index (χ3n) is 5.30. The molecule has 3 rings (SSSR count). The van der Waals surface area contributed by atoms with Crippen molar-refractivity contribution in [1.29, 1.82) is 0 Å². The molecule has 0 bridgehead atoms. The number of hydrogen-bond donors (Lipinski definition) is 2. The van der Waals surface area contributed by atoms with Gasteiger partial charge in [0.15, 0.2) is 0 Å². The van der Waals surface area contributed by atoms with Gasteiger partial charge >= 0.3 is 0 Å². The maximum atomic E-state index is 13.3. The Kier molecular flexibility index (Phi) is 7.60. The Morgan fingerprint density at radius 3 is 2.21 bits per heavy atom. The van der Waals surface area contributed by atoms with Crippen molar-refractivity contribution in [2.75, 3.05) is 17.7 Å². The number of benzene rings is 2. The number of amides is 1. The van der Waals surface area contributed by atoms with Crippen LogP contribution in [0.15, 0.2) is 60.7 Å². The fourth-order valence-electron chi connectivity index (χ4n) is 4.28. The van der Waals surface area contributed by atoms with Crippen LogP contribution in [-0.2, 0) is 6.54 Å². The number of nitrogens with one attached hydrogen (secondary N) is 2. The van der Waals surface area contributed by atoms with E-state index in [0.717, 1.165) is 17.7 Å². The molecular formula is C28H37N5O. The first kappa shape index (κ1) is 25.2. The zero-order valence-corrected chi connectivity index (χ0v) is 21.4. The molecule has 34 heavy (non-hydrogen) atoms. The van der Waals surface area contributed by atoms with Crippen LogP contribution >= 0.6 is 0 Å². The lowest BCUT2D eigenvalue weighted by molar-refractivity contribution is 0.0779. The van der Waals surface area contributed by atoms with E-state index in [9.17, 15) is 4.79 Å². The molecule has 180 valence electrons.